The Balaban J connectivity index is 0.000000521. The van der Waals surface area contributed by atoms with Crippen molar-refractivity contribution in [3.63, 3.8) is 0 Å². The Morgan fingerprint density at radius 2 is 0.734 bits per heavy atom. The van der Waals surface area contributed by atoms with Gasteiger partial charge in [-0.1, -0.05) is 201 Å². The first kappa shape index (κ1) is 87.4. The number of rotatable bonds is 0. The Labute approximate surface area is 581 Å². The lowest BCUT2D eigenvalue weighted by atomic mass is 9.85. The molecule has 0 saturated carbocycles. The summed E-state index contributed by atoms with van der Waals surface area (Å²) in [5.41, 5.74) is 18.5. The molecule has 0 amide bonds. The van der Waals surface area contributed by atoms with E-state index in [0.29, 0.717) is 10.8 Å². The Morgan fingerprint density at radius 3 is 1.11 bits per heavy atom. The van der Waals surface area contributed by atoms with E-state index in [1.807, 2.05) is 0 Å². The van der Waals surface area contributed by atoms with Crippen molar-refractivity contribution in [2.24, 2.45) is 34.5 Å². The van der Waals surface area contributed by atoms with Crippen molar-refractivity contribution < 1.29 is 0 Å². The largest absolute Gasteiger partial charge is 0.385 e. The molecule has 15 rings (SSSR count). The first-order valence-corrected chi connectivity index (χ1v) is 35.6. The van der Waals surface area contributed by atoms with Crippen LogP contribution in [0.3, 0.4) is 0 Å². The average Bonchev–Trinajstić information content (AvgIpc) is 1.18. The molecule has 3 unspecified atom stereocenters. The molecule has 534 valence electrons. The van der Waals surface area contributed by atoms with E-state index in [1.54, 1.807) is 0 Å². The highest BCUT2D eigenvalue weighted by molar-refractivity contribution is 5.55. The van der Waals surface area contributed by atoms with Crippen LogP contribution < -0.4 is 53.2 Å². The van der Waals surface area contributed by atoms with Crippen molar-refractivity contribution in [2.45, 2.75) is 222 Å². The summed E-state index contributed by atoms with van der Waals surface area (Å²) in [5, 5.41) is 33.5. The summed E-state index contributed by atoms with van der Waals surface area (Å²) in [6.45, 7) is 43.9. The van der Waals surface area contributed by atoms with Gasteiger partial charge in [0.2, 0.25) is 0 Å². The molecule has 10 aliphatic rings. The van der Waals surface area contributed by atoms with Crippen molar-refractivity contribution in [3.05, 3.63) is 165 Å². The summed E-state index contributed by atoms with van der Waals surface area (Å²) in [7, 11) is 0. The molecule has 5 fully saturated rings. The minimum absolute atomic E-state index is 0. The van der Waals surface area contributed by atoms with Gasteiger partial charge in [0.15, 0.2) is 0 Å². The number of hydrogen-bond donors (Lipinski definition) is 10. The zero-order valence-corrected chi connectivity index (χ0v) is 58.0. The maximum Gasteiger partial charge on any atom is 0.0373 e. The van der Waals surface area contributed by atoms with Crippen molar-refractivity contribution in [1.82, 2.24) is 42.5 Å². The van der Waals surface area contributed by atoms with E-state index in [0.717, 1.165) is 76.0 Å². The quantitative estimate of drug-likeness (QED) is 0.0734. The van der Waals surface area contributed by atoms with Gasteiger partial charge in [-0.3, -0.25) is 0 Å². The predicted octanol–water partition coefficient (Wildman–Crippen LogP) is 17.5. The minimum atomic E-state index is 0. The molecule has 0 spiro atoms. The van der Waals surface area contributed by atoms with Crippen LogP contribution in [0.4, 0.5) is 11.4 Å². The molecule has 94 heavy (non-hydrogen) atoms. The van der Waals surface area contributed by atoms with Gasteiger partial charge < -0.3 is 53.2 Å². The normalized spacial score (nSPS) is 21.0. The third-order valence-corrected chi connectivity index (χ3v) is 18.8. The number of nitrogens with one attached hydrogen (secondary N) is 10. The second kappa shape index (κ2) is 49.8. The molecule has 10 heterocycles. The van der Waals surface area contributed by atoms with Crippen molar-refractivity contribution >= 4 is 11.4 Å². The van der Waals surface area contributed by atoms with Gasteiger partial charge >= 0.3 is 0 Å². The molecule has 0 aliphatic carbocycles. The standard InChI is InChI=1S/2C10H13N.2C9H11N.C8H9N.3C7H15N.2C6H13N.5CH4/c2*1-8-2-3-10-7-11-5-4-9(10)6-8;1-2-6-9-8(4-1)5-3-7-10-9;1-2-4-9-7-10-6-5-8(9)3-1;1-2-4-8-7(3-1)5-6-9-8;1-6-3-7(2)5-8-4-6;2*1-7(2)4-3-5-8-6-7;1-6-2-4-7-5-3-6;1-6-3-2-4-7-5-6;;;;;/h2*2-3,6,11H,4-5,7H2,1H3;1-2,4,6,10H,3,5,7H2;1-4,10H,5-7H2;1-4,9H,5-6H2;6-8H,3-5H2,1-2H3;2*8H,3-6H2,1-2H3;2*6-7H,2-5H2,1H3;5*1H4. The summed E-state index contributed by atoms with van der Waals surface area (Å²) < 4.78 is 0. The molecule has 5 aromatic carbocycles. The van der Waals surface area contributed by atoms with Crippen LogP contribution in [0.25, 0.3) is 0 Å². The van der Waals surface area contributed by atoms with Gasteiger partial charge in [-0.05, 0) is 273 Å². The van der Waals surface area contributed by atoms with Crippen molar-refractivity contribution in [2.75, 3.05) is 109 Å². The van der Waals surface area contributed by atoms with Crippen LogP contribution in [0.2, 0.25) is 0 Å². The first-order chi connectivity index (χ1) is 43.1. The summed E-state index contributed by atoms with van der Waals surface area (Å²) >= 11 is 0. The van der Waals surface area contributed by atoms with Gasteiger partial charge in [0, 0.05) is 57.2 Å². The summed E-state index contributed by atoms with van der Waals surface area (Å²) in [6, 6.07) is 39.1. The van der Waals surface area contributed by atoms with E-state index in [2.05, 4.69) is 232 Å². The Morgan fingerprint density at radius 1 is 0.319 bits per heavy atom. The van der Waals surface area contributed by atoms with Crippen molar-refractivity contribution in [1.29, 1.82) is 0 Å². The fourth-order valence-corrected chi connectivity index (χ4v) is 13.1. The van der Waals surface area contributed by atoms with Crippen LogP contribution in [0.15, 0.2) is 109 Å². The Bertz CT molecular complexity index is 2430. The van der Waals surface area contributed by atoms with Gasteiger partial charge in [-0.25, -0.2) is 0 Å². The second-order valence-corrected chi connectivity index (χ2v) is 29.0. The van der Waals surface area contributed by atoms with E-state index in [9.17, 15) is 0 Å². The molecule has 0 radical (unpaired) electrons. The predicted molar refractivity (Wildman–Crippen MR) is 421 cm³/mol. The van der Waals surface area contributed by atoms with E-state index >= 15 is 0 Å². The Hall–Kier alpha value is -4.62. The number of benzene rings is 5. The lowest BCUT2D eigenvalue weighted by molar-refractivity contribution is 0.265. The number of piperidine rings is 5. The van der Waals surface area contributed by atoms with Gasteiger partial charge in [0.1, 0.15) is 0 Å². The van der Waals surface area contributed by atoms with E-state index < -0.39 is 0 Å². The maximum atomic E-state index is 3.38. The smallest absolute Gasteiger partial charge is 0.0373 e. The summed E-state index contributed by atoms with van der Waals surface area (Å²) in [6.07, 6.45) is 19.7. The summed E-state index contributed by atoms with van der Waals surface area (Å²) in [4.78, 5) is 0. The lowest BCUT2D eigenvalue weighted by Gasteiger charge is -2.29. The van der Waals surface area contributed by atoms with Gasteiger partial charge in [0.25, 0.3) is 0 Å². The highest BCUT2D eigenvalue weighted by Crippen LogP contribution is 2.25. The van der Waals surface area contributed by atoms with Crippen LogP contribution in [0.5, 0.6) is 0 Å². The maximum absolute atomic E-state index is 3.38. The molecule has 10 nitrogen and oxygen atoms in total. The molecule has 0 bridgehead atoms. The number of para-hydroxylation sites is 2. The Kier molecular flexibility index (Phi) is 46.3. The van der Waals surface area contributed by atoms with E-state index in [1.165, 1.54) is 229 Å². The number of aryl methyl sites for hydroxylation is 3. The van der Waals surface area contributed by atoms with Crippen LogP contribution in [0, 0.1) is 48.3 Å². The van der Waals surface area contributed by atoms with Crippen LogP contribution in [-0.4, -0.2) is 98.2 Å². The number of hydrogen-bond acceptors (Lipinski definition) is 10. The lowest BCUT2D eigenvalue weighted by Crippen LogP contribution is -2.35. The van der Waals surface area contributed by atoms with E-state index in [4.69, 9.17) is 0 Å². The molecule has 10 N–H and O–H groups in total. The highest BCUT2D eigenvalue weighted by atomic mass is 14.9. The molecular weight excluding hydrogens is 1150 g/mol. The average molecular weight is 1300 g/mol. The zero-order chi connectivity index (χ0) is 63.4. The molecule has 5 aromatic rings. The highest BCUT2D eigenvalue weighted by Gasteiger charge is 2.21. The monoisotopic (exact) mass is 1300 g/mol. The molecule has 0 aromatic heterocycles. The number of anilines is 2. The third-order valence-electron chi connectivity index (χ3n) is 18.8. The van der Waals surface area contributed by atoms with Crippen LogP contribution >= 0.6 is 0 Å². The second-order valence-electron chi connectivity index (χ2n) is 29.0. The minimum Gasteiger partial charge on any atom is -0.385 e. The van der Waals surface area contributed by atoms with E-state index in [-0.39, 0.29) is 37.1 Å². The number of fused-ring (bicyclic) bond motifs is 5. The molecule has 10 aliphatic heterocycles. The van der Waals surface area contributed by atoms with Gasteiger partial charge in [-0.2, -0.15) is 0 Å². The molecule has 10 heteroatoms. The molecule has 3 atom stereocenters. The fraction of sp³-hybridized carbons (Fsp3) is 0.643. The van der Waals surface area contributed by atoms with Crippen LogP contribution in [0.1, 0.15) is 212 Å². The topological polar surface area (TPSA) is 120 Å². The zero-order valence-electron chi connectivity index (χ0n) is 58.0. The summed E-state index contributed by atoms with van der Waals surface area (Å²) in [5.74, 6) is 3.70. The van der Waals surface area contributed by atoms with Gasteiger partial charge in [0.05, 0.1) is 0 Å². The van der Waals surface area contributed by atoms with Crippen LogP contribution in [-0.2, 0) is 51.7 Å². The SMILES string of the molecule is C.C.C.C.C.CC1(C)CCCNC1.CC1(C)CCCNC1.CC1CCCNC1.CC1CCNCC1.CC1CNCC(C)C1.Cc1ccc2c(c1)CCNC2.Cc1ccc2c(c1)CCNC2.c1ccc2c(c1)CCCN2.c1ccc2c(c1)CCN2.c1ccc2c(c1)CCNC2. The molecular formula is C84H148N10. The third kappa shape index (κ3) is 36.1. The molecule has 5 saturated heterocycles. The van der Waals surface area contributed by atoms with Gasteiger partial charge in [-0.15, -0.1) is 0 Å². The van der Waals surface area contributed by atoms with Crippen molar-refractivity contribution in [3.8, 4) is 0 Å². The fourth-order valence-electron chi connectivity index (χ4n) is 13.1. The first-order valence-electron chi connectivity index (χ1n) is 35.6.